The Kier molecular flexibility index (Phi) is 1.13. The number of fused-ring (bicyclic) bond motifs is 1. The lowest BCUT2D eigenvalue weighted by Gasteiger charge is -1.95. The van der Waals surface area contributed by atoms with Crippen LogP contribution in [0.4, 0.5) is 4.39 Å². The van der Waals surface area contributed by atoms with Gasteiger partial charge in [-0.05, 0) is 11.6 Å². The van der Waals surface area contributed by atoms with Crippen LogP contribution in [0.1, 0.15) is 5.56 Å². The lowest BCUT2D eigenvalue weighted by atomic mass is 10.2. The Morgan fingerprint density at radius 2 is 2.30 bits per heavy atom. The molecule has 1 aliphatic heterocycles. The topological polar surface area (TPSA) is 9.23 Å². The minimum atomic E-state index is -0.222. The summed E-state index contributed by atoms with van der Waals surface area (Å²) in [5.74, 6) is 0.487. The van der Waals surface area contributed by atoms with Crippen LogP contribution in [0.15, 0.2) is 18.2 Å². The molecule has 0 bridgehead atoms. The van der Waals surface area contributed by atoms with Gasteiger partial charge < -0.3 is 4.74 Å². The molecule has 10 heavy (non-hydrogen) atoms. The molecular formula is C8H7FO. The molecule has 1 heterocycles. The van der Waals surface area contributed by atoms with Gasteiger partial charge in [-0.2, -0.15) is 0 Å². The fraction of sp³-hybridized carbons (Fsp3) is 0.250. The Balaban J connectivity index is 2.52. The molecule has 2 heteroatoms. The van der Waals surface area contributed by atoms with E-state index in [2.05, 4.69) is 0 Å². The van der Waals surface area contributed by atoms with Crippen molar-refractivity contribution in [3.05, 3.63) is 29.6 Å². The molecular weight excluding hydrogens is 131 g/mol. The van der Waals surface area contributed by atoms with E-state index in [9.17, 15) is 4.39 Å². The molecule has 0 N–H and O–H groups in total. The van der Waals surface area contributed by atoms with E-state index in [-0.39, 0.29) is 5.82 Å². The lowest BCUT2D eigenvalue weighted by Crippen LogP contribution is -1.86. The summed E-state index contributed by atoms with van der Waals surface area (Å²) in [5.41, 5.74) is 1.11. The van der Waals surface area contributed by atoms with E-state index in [1.165, 1.54) is 12.1 Å². The first-order valence-corrected chi connectivity index (χ1v) is 3.27. The number of benzene rings is 1. The highest BCUT2D eigenvalue weighted by Crippen LogP contribution is 2.25. The number of ether oxygens (including phenoxy) is 1. The fourth-order valence-corrected chi connectivity index (χ4v) is 1.14. The van der Waals surface area contributed by atoms with E-state index in [0.717, 1.165) is 12.0 Å². The zero-order valence-electron chi connectivity index (χ0n) is 5.43. The molecule has 0 unspecified atom stereocenters. The van der Waals surface area contributed by atoms with Crippen molar-refractivity contribution in [1.82, 2.24) is 0 Å². The third-order valence-electron chi connectivity index (χ3n) is 1.66. The van der Waals surface area contributed by atoms with Gasteiger partial charge in [0, 0.05) is 12.5 Å². The summed E-state index contributed by atoms with van der Waals surface area (Å²) in [6.07, 6.45) is 0.912. The smallest absolute Gasteiger partial charge is 0.126 e. The molecule has 0 aromatic heterocycles. The number of hydrogen-bond acceptors (Lipinski definition) is 1. The molecule has 1 nitrogen and oxygen atoms in total. The molecule has 1 aliphatic rings. The van der Waals surface area contributed by atoms with Crippen LogP contribution in [-0.4, -0.2) is 6.61 Å². The van der Waals surface area contributed by atoms with E-state index in [4.69, 9.17) is 4.74 Å². The Morgan fingerprint density at radius 3 is 3.20 bits per heavy atom. The van der Waals surface area contributed by atoms with Gasteiger partial charge >= 0.3 is 0 Å². The van der Waals surface area contributed by atoms with Gasteiger partial charge in [0.05, 0.1) is 6.61 Å². The van der Waals surface area contributed by atoms with Crippen molar-refractivity contribution >= 4 is 0 Å². The minimum absolute atomic E-state index is 0.222. The zero-order chi connectivity index (χ0) is 6.97. The van der Waals surface area contributed by atoms with Crippen LogP contribution < -0.4 is 4.74 Å². The first-order valence-electron chi connectivity index (χ1n) is 3.27. The van der Waals surface area contributed by atoms with Crippen molar-refractivity contribution in [2.45, 2.75) is 6.42 Å². The second-order valence-electron chi connectivity index (χ2n) is 2.35. The van der Waals surface area contributed by atoms with Gasteiger partial charge in [-0.25, -0.2) is 4.39 Å². The molecule has 0 saturated heterocycles. The lowest BCUT2D eigenvalue weighted by molar-refractivity contribution is 0.355. The highest BCUT2D eigenvalue weighted by molar-refractivity contribution is 5.36. The minimum Gasteiger partial charge on any atom is -0.493 e. The summed E-state index contributed by atoms with van der Waals surface area (Å²) in [7, 11) is 0. The maximum atomic E-state index is 12.5. The van der Waals surface area contributed by atoms with E-state index < -0.39 is 0 Å². The SMILES string of the molecule is Fc1ccc2c(c1)OCC2. The third kappa shape index (κ3) is 0.764. The van der Waals surface area contributed by atoms with Crippen molar-refractivity contribution in [2.75, 3.05) is 6.61 Å². The molecule has 52 valence electrons. The summed E-state index contributed by atoms with van der Waals surface area (Å²) >= 11 is 0. The van der Waals surface area contributed by atoms with E-state index in [0.29, 0.717) is 12.4 Å². The standard InChI is InChI=1S/C8H7FO/c9-7-2-1-6-3-4-10-8(6)5-7/h1-2,5H,3-4H2. The van der Waals surface area contributed by atoms with Gasteiger partial charge in [-0.1, -0.05) is 6.07 Å². The third-order valence-corrected chi connectivity index (χ3v) is 1.66. The van der Waals surface area contributed by atoms with Gasteiger partial charge in [0.1, 0.15) is 11.6 Å². The van der Waals surface area contributed by atoms with Gasteiger partial charge in [0.25, 0.3) is 0 Å². The molecule has 0 radical (unpaired) electrons. The molecule has 1 aromatic rings. The summed E-state index contributed by atoms with van der Waals surface area (Å²) in [4.78, 5) is 0. The Morgan fingerprint density at radius 1 is 1.40 bits per heavy atom. The average molecular weight is 138 g/mol. The van der Waals surface area contributed by atoms with Crippen molar-refractivity contribution in [3.63, 3.8) is 0 Å². The number of rotatable bonds is 0. The zero-order valence-corrected chi connectivity index (χ0v) is 5.43. The molecule has 0 amide bonds. The first-order chi connectivity index (χ1) is 4.86. The quantitative estimate of drug-likeness (QED) is 0.530. The second kappa shape index (κ2) is 1.97. The fourth-order valence-electron chi connectivity index (χ4n) is 1.14. The highest BCUT2D eigenvalue weighted by Gasteiger charge is 2.11. The van der Waals surface area contributed by atoms with Crippen LogP contribution in [0.5, 0.6) is 5.75 Å². The predicted molar refractivity (Wildman–Crippen MR) is 35.6 cm³/mol. The highest BCUT2D eigenvalue weighted by atomic mass is 19.1. The Labute approximate surface area is 58.4 Å². The molecule has 0 fully saturated rings. The summed E-state index contributed by atoms with van der Waals surface area (Å²) in [6.45, 7) is 0.693. The summed E-state index contributed by atoms with van der Waals surface area (Å²) in [6, 6.07) is 4.67. The maximum absolute atomic E-state index is 12.5. The molecule has 0 spiro atoms. The molecule has 0 atom stereocenters. The van der Waals surface area contributed by atoms with Crippen LogP contribution in [0.3, 0.4) is 0 Å². The van der Waals surface area contributed by atoms with Gasteiger partial charge in [-0.15, -0.1) is 0 Å². The molecule has 1 aromatic carbocycles. The van der Waals surface area contributed by atoms with Crippen LogP contribution in [0.25, 0.3) is 0 Å². The van der Waals surface area contributed by atoms with Gasteiger partial charge in [-0.3, -0.25) is 0 Å². The first kappa shape index (κ1) is 5.71. The van der Waals surface area contributed by atoms with E-state index in [1.54, 1.807) is 6.07 Å². The van der Waals surface area contributed by atoms with Crippen molar-refractivity contribution in [1.29, 1.82) is 0 Å². The number of halogens is 1. The van der Waals surface area contributed by atoms with Crippen molar-refractivity contribution in [2.24, 2.45) is 0 Å². The number of hydrogen-bond donors (Lipinski definition) is 0. The Bertz CT molecular complexity index is 257. The van der Waals surface area contributed by atoms with Crippen LogP contribution in [0.2, 0.25) is 0 Å². The second-order valence-corrected chi connectivity index (χ2v) is 2.35. The Hall–Kier alpha value is -1.05. The monoisotopic (exact) mass is 138 g/mol. The average Bonchev–Trinajstić information content (AvgIpc) is 2.33. The molecule has 0 aliphatic carbocycles. The van der Waals surface area contributed by atoms with Crippen LogP contribution >= 0.6 is 0 Å². The van der Waals surface area contributed by atoms with Crippen molar-refractivity contribution in [3.8, 4) is 5.75 Å². The normalized spacial score (nSPS) is 14.5. The largest absolute Gasteiger partial charge is 0.493 e. The van der Waals surface area contributed by atoms with Crippen LogP contribution in [0, 0.1) is 5.82 Å². The maximum Gasteiger partial charge on any atom is 0.126 e. The molecule has 0 saturated carbocycles. The summed E-state index contributed by atoms with van der Waals surface area (Å²) in [5, 5.41) is 0. The van der Waals surface area contributed by atoms with Crippen LogP contribution in [-0.2, 0) is 6.42 Å². The van der Waals surface area contributed by atoms with E-state index in [1.807, 2.05) is 0 Å². The van der Waals surface area contributed by atoms with Gasteiger partial charge in [0.2, 0.25) is 0 Å². The summed E-state index contributed by atoms with van der Waals surface area (Å²) < 4.78 is 17.6. The van der Waals surface area contributed by atoms with E-state index >= 15 is 0 Å². The van der Waals surface area contributed by atoms with Crippen molar-refractivity contribution < 1.29 is 9.13 Å². The van der Waals surface area contributed by atoms with Gasteiger partial charge in [0.15, 0.2) is 0 Å². The predicted octanol–water partition coefficient (Wildman–Crippen LogP) is 1.76. The molecule has 2 rings (SSSR count).